The number of rotatable bonds is 5. The van der Waals surface area contributed by atoms with Crippen LogP contribution in [0.5, 0.6) is 0 Å². The number of aromatic nitrogens is 1. The lowest BCUT2D eigenvalue weighted by Gasteiger charge is -2.05. The van der Waals surface area contributed by atoms with E-state index in [1.807, 2.05) is 17.5 Å². The van der Waals surface area contributed by atoms with Crippen LogP contribution in [0, 0.1) is 0 Å². The third kappa shape index (κ3) is 2.72. The maximum Gasteiger partial charge on any atom is 0.0457 e. The van der Waals surface area contributed by atoms with Crippen molar-refractivity contribution in [2.75, 3.05) is 0 Å². The molecule has 2 nitrogen and oxygen atoms in total. The summed E-state index contributed by atoms with van der Waals surface area (Å²) in [6, 6.07) is 10.9. The minimum absolute atomic E-state index is 0.913. The lowest BCUT2D eigenvalue weighted by atomic mass is 10.1. The van der Waals surface area contributed by atoms with Crippen LogP contribution in [0.4, 0.5) is 0 Å². The number of thiophene rings is 1. The first-order valence-corrected chi connectivity index (χ1v) is 7.57. The Kier molecular flexibility index (Phi) is 3.67. The standard InChI is InChI=1S/C16H18N2S/c1-2-13-6-8-19-16(13)11-17-10-12-3-4-14-5-7-18-15(14)9-12/h3-9,17-18H,2,10-11H2,1H3. The fraction of sp³-hybridized carbons (Fsp3) is 0.250. The molecule has 2 aromatic heterocycles. The Balaban J connectivity index is 1.62. The van der Waals surface area contributed by atoms with E-state index in [1.54, 1.807) is 0 Å². The van der Waals surface area contributed by atoms with Crippen molar-refractivity contribution in [3.05, 3.63) is 57.9 Å². The summed E-state index contributed by atoms with van der Waals surface area (Å²) in [5, 5.41) is 6.99. The molecule has 0 aliphatic rings. The first-order chi connectivity index (χ1) is 9.36. The van der Waals surface area contributed by atoms with Crippen molar-refractivity contribution in [1.82, 2.24) is 10.3 Å². The van der Waals surface area contributed by atoms with Crippen LogP contribution in [0.15, 0.2) is 41.9 Å². The Bertz CT molecular complexity index is 666. The molecule has 19 heavy (non-hydrogen) atoms. The first kappa shape index (κ1) is 12.5. The van der Waals surface area contributed by atoms with E-state index in [0.29, 0.717) is 0 Å². The minimum atomic E-state index is 0.913. The molecule has 0 atom stereocenters. The second-order valence-corrected chi connectivity index (χ2v) is 5.73. The molecule has 0 amide bonds. The van der Waals surface area contributed by atoms with Gasteiger partial charge in [-0.1, -0.05) is 19.1 Å². The molecule has 3 heteroatoms. The fourth-order valence-corrected chi connectivity index (χ4v) is 3.31. The molecule has 2 N–H and O–H groups in total. The third-order valence-corrected chi connectivity index (χ3v) is 4.42. The molecule has 0 radical (unpaired) electrons. The van der Waals surface area contributed by atoms with Crippen LogP contribution >= 0.6 is 11.3 Å². The van der Waals surface area contributed by atoms with Gasteiger partial charge in [0.05, 0.1) is 0 Å². The highest BCUT2D eigenvalue weighted by molar-refractivity contribution is 7.10. The Labute approximate surface area is 117 Å². The molecule has 0 saturated heterocycles. The molecule has 3 rings (SSSR count). The summed E-state index contributed by atoms with van der Waals surface area (Å²) in [6.07, 6.45) is 3.11. The number of hydrogen-bond acceptors (Lipinski definition) is 2. The Morgan fingerprint density at radius 1 is 1.16 bits per heavy atom. The minimum Gasteiger partial charge on any atom is -0.361 e. The van der Waals surface area contributed by atoms with Gasteiger partial charge in [-0.25, -0.2) is 0 Å². The summed E-state index contributed by atoms with van der Waals surface area (Å²) in [4.78, 5) is 4.72. The zero-order valence-electron chi connectivity index (χ0n) is 11.1. The Morgan fingerprint density at radius 2 is 2.11 bits per heavy atom. The second kappa shape index (κ2) is 5.59. The van der Waals surface area contributed by atoms with Crippen molar-refractivity contribution >= 4 is 22.2 Å². The number of nitrogens with one attached hydrogen (secondary N) is 2. The third-order valence-electron chi connectivity index (χ3n) is 3.45. The highest BCUT2D eigenvalue weighted by atomic mass is 32.1. The van der Waals surface area contributed by atoms with E-state index >= 15 is 0 Å². The van der Waals surface area contributed by atoms with Gasteiger partial charge in [0.25, 0.3) is 0 Å². The maximum atomic E-state index is 3.53. The molecule has 3 aromatic rings. The molecule has 0 aliphatic carbocycles. The van der Waals surface area contributed by atoms with Crippen molar-refractivity contribution in [1.29, 1.82) is 0 Å². The van der Waals surface area contributed by atoms with Gasteiger partial charge in [0.2, 0.25) is 0 Å². The molecule has 0 aliphatic heterocycles. The van der Waals surface area contributed by atoms with E-state index in [9.17, 15) is 0 Å². The van der Waals surface area contributed by atoms with Crippen LogP contribution in [0.25, 0.3) is 10.9 Å². The molecule has 1 aromatic carbocycles. The first-order valence-electron chi connectivity index (χ1n) is 6.69. The average Bonchev–Trinajstić information content (AvgIpc) is 3.06. The van der Waals surface area contributed by atoms with Gasteiger partial charge in [0, 0.05) is 29.7 Å². The van der Waals surface area contributed by atoms with E-state index in [1.165, 1.54) is 26.9 Å². The summed E-state index contributed by atoms with van der Waals surface area (Å²) in [5.74, 6) is 0. The fourth-order valence-electron chi connectivity index (χ4n) is 2.36. The van der Waals surface area contributed by atoms with Gasteiger partial charge in [-0.05, 0) is 46.5 Å². The van der Waals surface area contributed by atoms with Crippen molar-refractivity contribution in [3.8, 4) is 0 Å². The highest BCUT2D eigenvalue weighted by Crippen LogP contribution is 2.18. The van der Waals surface area contributed by atoms with Crippen LogP contribution in [-0.4, -0.2) is 4.98 Å². The van der Waals surface area contributed by atoms with E-state index in [-0.39, 0.29) is 0 Å². The van der Waals surface area contributed by atoms with Gasteiger partial charge in [0.1, 0.15) is 0 Å². The van der Waals surface area contributed by atoms with Crippen molar-refractivity contribution in [2.45, 2.75) is 26.4 Å². The molecule has 2 heterocycles. The number of hydrogen-bond donors (Lipinski definition) is 2. The number of fused-ring (bicyclic) bond motifs is 1. The van der Waals surface area contributed by atoms with E-state index in [4.69, 9.17) is 0 Å². The molecular formula is C16H18N2S. The van der Waals surface area contributed by atoms with Crippen molar-refractivity contribution in [2.24, 2.45) is 0 Å². The lowest BCUT2D eigenvalue weighted by Crippen LogP contribution is -2.12. The number of aromatic amines is 1. The summed E-state index contributed by atoms with van der Waals surface area (Å²) in [7, 11) is 0. The highest BCUT2D eigenvalue weighted by Gasteiger charge is 2.02. The molecule has 0 unspecified atom stereocenters. The molecule has 0 saturated carbocycles. The molecule has 0 bridgehead atoms. The molecule has 98 valence electrons. The predicted molar refractivity (Wildman–Crippen MR) is 82.5 cm³/mol. The van der Waals surface area contributed by atoms with Crippen LogP contribution < -0.4 is 5.32 Å². The Hall–Kier alpha value is -1.58. The van der Waals surface area contributed by atoms with Crippen LogP contribution in [-0.2, 0) is 19.5 Å². The largest absolute Gasteiger partial charge is 0.361 e. The molecule has 0 fully saturated rings. The second-order valence-electron chi connectivity index (χ2n) is 4.73. The van der Waals surface area contributed by atoms with Gasteiger partial charge < -0.3 is 10.3 Å². The topological polar surface area (TPSA) is 27.8 Å². The number of aryl methyl sites for hydroxylation is 1. The van der Waals surface area contributed by atoms with Crippen molar-refractivity contribution in [3.63, 3.8) is 0 Å². The van der Waals surface area contributed by atoms with Gasteiger partial charge in [0.15, 0.2) is 0 Å². The van der Waals surface area contributed by atoms with Crippen LogP contribution in [0.1, 0.15) is 22.9 Å². The maximum absolute atomic E-state index is 3.53. The van der Waals surface area contributed by atoms with E-state index in [0.717, 1.165) is 19.5 Å². The zero-order chi connectivity index (χ0) is 13.1. The number of H-pyrrole nitrogens is 1. The van der Waals surface area contributed by atoms with Gasteiger partial charge in [-0.15, -0.1) is 11.3 Å². The lowest BCUT2D eigenvalue weighted by molar-refractivity contribution is 0.697. The van der Waals surface area contributed by atoms with Crippen molar-refractivity contribution < 1.29 is 0 Å². The smallest absolute Gasteiger partial charge is 0.0457 e. The van der Waals surface area contributed by atoms with E-state index < -0.39 is 0 Å². The number of benzene rings is 1. The van der Waals surface area contributed by atoms with Gasteiger partial charge >= 0.3 is 0 Å². The summed E-state index contributed by atoms with van der Waals surface area (Å²) in [5.41, 5.74) is 4.01. The normalized spacial score (nSPS) is 11.2. The van der Waals surface area contributed by atoms with Gasteiger partial charge in [-0.2, -0.15) is 0 Å². The van der Waals surface area contributed by atoms with Gasteiger partial charge in [-0.3, -0.25) is 0 Å². The van der Waals surface area contributed by atoms with Crippen LogP contribution in [0.3, 0.4) is 0 Å². The SMILES string of the molecule is CCc1ccsc1CNCc1ccc2cc[nH]c2c1. The van der Waals surface area contributed by atoms with E-state index in [2.05, 4.69) is 52.9 Å². The Morgan fingerprint density at radius 3 is 3.00 bits per heavy atom. The summed E-state index contributed by atoms with van der Waals surface area (Å²) in [6.45, 7) is 4.09. The monoisotopic (exact) mass is 270 g/mol. The average molecular weight is 270 g/mol. The predicted octanol–water partition coefficient (Wildman–Crippen LogP) is 4.08. The quantitative estimate of drug-likeness (QED) is 0.718. The molecule has 0 spiro atoms. The zero-order valence-corrected chi connectivity index (χ0v) is 11.9. The van der Waals surface area contributed by atoms with Crippen LogP contribution in [0.2, 0.25) is 0 Å². The summed E-state index contributed by atoms with van der Waals surface area (Å²) >= 11 is 1.84. The summed E-state index contributed by atoms with van der Waals surface area (Å²) < 4.78 is 0. The molecular weight excluding hydrogens is 252 g/mol.